The first-order valence-corrected chi connectivity index (χ1v) is 8.72. The molecule has 3 rings (SSSR count). The van der Waals surface area contributed by atoms with Gasteiger partial charge in [0.05, 0.1) is 11.9 Å². The van der Waals surface area contributed by atoms with Crippen molar-refractivity contribution in [3.63, 3.8) is 0 Å². The fourth-order valence-corrected chi connectivity index (χ4v) is 3.38. The van der Waals surface area contributed by atoms with Crippen LogP contribution in [0.15, 0.2) is 15.5 Å². The minimum Gasteiger partial charge on any atom is -0.378 e. The number of halogens is 1. The SMILES string of the molecule is NC1CCCCCC1Nc1cnn(CC2CC2)c(=O)c1Br. The molecule has 2 saturated carbocycles. The van der Waals surface area contributed by atoms with Crippen LogP contribution in [0.25, 0.3) is 0 Å². The molecule has 2 atom stereocenters. The number of anilines is 1. The van der Waals surface area contributed by atoms with E-state index < -0.39 is 0 Å². The second kappa shape index (κ2) is 6.48. The van der Waals surface area contributed by atoms with Gasteiger partial charge in [-0.15, -0.1) is 0 Å². The van der Waals surface area contributed by atoms with E-state index in [9.17, 15) is 4.79 Å². The molecule has 0 amide bonds. The van der Waals surface area contributed by atoms with Gasteiger partial charge in [-0.25, -0.2) is 4.68 Å². The van der Waals surface area contributed by atoms with Crippen molar-refractivity contribution in [3.8, 4) is 0 Å². The van der Waals surface area contributed by atoms with Crippen LogP contribution in [0.1, 0.15) is 44.9 Å². The van der Waals surface area contributed by atoms with Crippen LogP contribution in [-0.2, 0) is 6.54 Å². The fraction of sp³-hybridized carbons (Fsp3) is 0.733. The van der Waals surface area contributed by atoms with Crippen molar-refractivity contribution < 1.29 is 0 Å². The average molecular weight is 355 g/mol. The summed E-state index contributed by atoms with van der Waals surface area (Å²) >= 11 is 3.43. The van der Waals surface area contributed by atoms with Crippen LogP contribution in [0.5, 0.6) is 0 Å². The lowest BCUT2D eigenvalue weighted by Gasteiger charge is -2.24. The molecule has 0 aromatic carbocycles. The van der Waals surface area contributed by atoms with Crippen LogP contribution in [0, 0.1) is 5.92 Å². The van der Waals surface area contributed by atoms with Crippen molar-refractivity contribution in [3.05, 3.63) is 21.0 Å². The monoisotopic (exact) mass is 354 g/mol. The van der Waals surface area contributed by atoms with Crippen LogP contribution in [0.4, 0.5) is 5.69 Å². The van der Waals surface area contributed by atoms with Crippen molar-refractivity contribution in [2.45, 2.75) is 63.6 Å². The second-order valence-electron chi connectivity index (χ2n) is 6.36. The molecule has 2 aliphatic rings. The van der Waals surface area contributed by atoms with Crippen molar-refractivity contribution in [2.75, 3.05) is 5.32 Å². The average Bonchev–Trinajstić information content (AvgIpc) is 3.29. The van der Waals surface area contributed by atoms with E-state index in [2.05, 4.69) is 26.3 Å². The maximum Gasteiger partial charge on any atom is 0.283 e. The van der Waals surface area contributed by atoms with Gasteiger partial charge in [-0.3, -0.25) is 4.79 Å². The summed E-state index contributed by atoms with van der Waals surface area (Å²) in [6, 6.07) is 0.373. The summed E-state index contributed by atoms with van der Waals surface area (Å²) in [4.78, 5) is 12.3. The number of hydrogen-bond acceptors (Lipinski definition) is 4. The molecule has 0 spiro atoms. The molecule has 5 nitrogen and oxygen atoms in total. The molecule has 6 heteroatoms. The highest BCUT2D eigenvalue weighted by Gasteiger charge is 2.25. The largest absolute Gasteiger partial charge is 0.378 e. The first kappa shape index (κ1) is 15.0. The standard InChI is InChI=1S/C15H23BrN4O/c16-14-13(19-12-5-3-1-2-4-11(12)17)8-18-20(15(14)21)9-10-6-7-10/h8,10-12,19H,1-7,9,17H2. The predicted octanol–water partition coefficient (Wildman–Crippen LogP) is 2.49. The summed E-state index contributed by atoms with van der Waals surface area (Å²) in [5.41, 5.74) is 6.96. The Morgan fingerprint density at radius 3 is 2.81 bits per heavy atom. The van der Waals surface area contributed by atoms with Crippen LogP contribution in [0.3, 0.4) is 0 Å². The number of nitrogens with one attached hydrogen (secondary N) is 1. The van der Waals surface area contributed by atoms with E-state index in [1.165, 1.54) is 32.1 Å². The molecule has 0 bridgehead atoms. The minimum absolute atomic E-state index is 0.0471. The maximum absolute atomic E-state index is 12.3. The minimum atomic E-state index is -0.0471. The maximum atomic E-state index is 12.3. The summed E-state index contributed by atoms with van der Waals surface area (Å²) < 4.78 is 2.15. The highest BCUT2D eigenvalue weighted by molar-refractivity contribution is 9.10. The van der Waals surface area contributed by atoms with Crippen LogP contribution in [-0.4, -0.2) is 21.9 Å². The van der Waals surface area contributed by atoms with Gasteiger partial charge in [-0.05, 0) is 47.5 Å². The zero-order valence-corrected chi connectivity index (χ0v) is 13.8. The van der Waals surface area contributed by atoms with E-state index >= 15 is 0 Å². The lowest BCUT2D eigenvalue weighted by atomic mass is 10.0. The van der Waals surface area contributed by atoms with E-state index in [0.717, 1.165) is 25.1 Å². The Balaban J connectivity index is 1.75. The van der Waals surface area contributed by atoms with Gasteiger partial charge in [-0.1, -0.05) is 19.3 Å². The van der Waals surface area contributed by atoms with E-state index in [-0.39, 0.29) is 17.6 Å². The number of aromatic nitrogens is 2. The molecule has 2 unspecified atom stereocenters. The van der Waals surface area contributed by atoms with Crippen molar-refractivity contribution in [1.29, 1.82) is 0 Å². The molecule has 2 fully saturated rings. The van der Waals surface area contributed by atoms with Gasteiger partial charge < -0.3 is 11.1 Å². The summed E-state index contributed by atoms with van der Waals surface area (Å²) in [6.07, 6.45) is 9.90. The first-order valence-electron chi connectivity index (χ1n) is 7.93. The van der Waals surface area contributed by atoms with Crippen LogP contribution < -0.4 is 16.6 Å². The summed E-state index contributed by atoms with van der Waals surface area (Å²) in [5, 5.41) is 7.73. The molecule has 116 valence electrons. The number of nitrogens with two attached hydrogens (primary N) is 1. The highest BCUT2D eigenvalue weighted by atomic mass is 79.9. The van der Waals surface area contributed by atoms with Gasteiger partial charge in [0.15, 0.2) is 0 Å². The molecule has 21 heavy (non-hydrogen) atoms. The lowest BCUT2D eigenvalue weighted by molar-refractivity contribution is 0.519. The quantitative estimate of drug-likeness (QED) is 0.814. The van der Waals surface area contributed by atoms with E-state index in [1.54, 1.807) is 10.9 Å². The Morgan fingerprint density at radius 1 is 1.29 bits per heavy atom. The van der Waals surface area contributed by atoms with E-state index in [1.807, 2.05) is 0 Å². The molecule has 0 aliphatic heterocycles. The normalized spacial score (nSPS) is 26.4. The molecule has 2 aliphatic carbocycles. The molecule has 1 aromatic rings. The predicted molar refractivity (Wildman–Crippen MR) is 87.4 cm³/mol. The van der Waals surface area contributed by atoms with Gasteiger partial charge in [0.25, 0.3) is 5.56 Å². The molecule has 0 saturated heterocycles. The second-order valence-corrected chi connectivity index (χ2v) is 7.15. The third kappa shape index (κ3) is 3.66. The Labute approximate surface area is 133 Å². The third-order valence-electron chi connectivity index (χ3n) is 4.52. The summed E-state index contributed by atoms with van der Waals surface area (Å²) in [6.45, 7) is 0.737. The fourth-order valence-electron chi connectivity index (χ4n) is 2.96. The highest BCUT2D eigenvalue weighted by Crippen LogP contribution is 2.30. The Kier molecular flexibility index (Phi) is 4.64. The molecular weight excluding hydrogens is 332 g/mol. The topological polar surface area (TPSA) is 72.9 Å². The molecule has 0 radical (unpaired) electrons. The summed E-state index contributed by atoms with van der Waals surface area (Å²) in [7, 11) is 0. The molecule has 1 aromatic heterocycles. The van der Waals surface area contributed by atoms with Crippen molar-refractivity contribution in [1.82, 2.24) is 9.78 Å². The van der Waals surface area contributed by atoms with Crippen molar-refractivity contribution >= 4 is 21.6 Å². The molecular formula is C15H23BrN4O. The Morgan fingerprint density at radius 2 is 2.05 bits per heavy atom. The van der Waals surface area contributed by atoms with Gasteiger partial charge in [0.2, 0.25) is 0 Å². The first-order chi connectivity index (χ1) is 10.1. The lowest BCUT2D eigenvalue weighted by Crippen LogP contribution is -2.40. The van der Waals surface area contributed by atoms with Gasteiger partial charge >= 0.3 is 0 Å². The number of hydrogen-bond donors (Lipinski definition) is 2. The molecule has 3 N–H and O–H groups in total. The van der Waals surface area contributed by atoms with Crippen LogP contribution in [0.2, 0.25) is 0 Å². The zero-order valence-electron chi connectivity index (χ0n) is 12.2. The Bertz CT molecular complexity index is 555. The smallest absolute Gasteiger partial charge is 0.283 e. The van der Waals surface area contributed by atoms with Gasteiger partial charge in [0, 0.05) is 18.6 Å². The Hall–Kier alpha value is -0.880. The summed E-state index contributed by atoms with van der Waals surface area (Å²) in [5.74, 6) is 0.635. The molecule has 1 heterocycles. The number of nitrogens with zero attached hydrogens (tertiary/aromatic N) is 2. The van der Waals surface area contributed by atoms with E-state index in [4.69, 9.17) is 5.73 Å². The van der Waals surface area contributed by atoms with Gasteiger partial charge in [-0.2, -0.15) is 5.10 Å². The zero-order chi connectivity index (χ0) is 14.8. The van der Waals surface area contributed by atoms with Gasteiger partial charge in [0.1, 0.15) is 4.47 Å². The van der Waals surface area contributed by atoms with Crippen LogP contribution >= 0.6 is 15.9 Å². The third-order valence-corrected chi connectivity index (χ3v) is 5.29. The van der Waals surface area contributed by atoms with E-state index in [0.29, 0.717) is 10.4 Å². The van der Waals surface area contributed by atoms with Crippen molar-refractivity contribution in [2.24, 2.45) is 11.7 Å². The number of rotatable bonds is 4.